The van der Waals surface area contributed by atoms with Gasteiger partial charge in [-0.2, -0.15) is 0 Å². The third-order valence-electron chi connectivity index (χ3n) is 6.74. The van der Waals surface area contributed by atoms with Gasteiger partial charge in [-0.3, -0.25) is 4.79 Å². The van der Waals surface area contributed by atoms with Gasteiger partial charge in [0.1, 0.15) is 5.82 Å². The number of fused-ring (bicyclic) bond motifs is 1. The predicted octanol–water partition coefficient (Wildman–Crippen LogP) is 4.08. The fraction of sp³-hybridized carbons (Fsp3) is 0.333. The van der Waals surface area contributed by atoms with E-state index in [1.807, 2.05) is 25.1 Å². The van der Waals surface area contributed by atoms with Crippen molar-refractivity contribution in [3.05, 3.63) is 66.2 Å². The summed E-state index contributed by atoms with van der Waals surface area (Å²) >= 11 is 0. The smallest absolute Gasteiger partial charge is 0.240 e. The van der Waals surface area contributed by atoms with Crippen LogP contribution in [0.2, 0.25) is 0 Å². The van der Waals surface area contributed by atoms with E-state index in [2.05, 4.69) is 15.0 Å². The van der Waals surface area contributed by atoms with Crippen molar-refractivity contribution in [3.63, 3.8) is 0 Å². The molecule has 0 radical (unpaired) electrons. The average molecular weight is 528 g/mol. The molecule has 3 N–H and O–H groups in total. The molecule has 1 aliphatic heterocycles. The highest BCUT2D eigenvalue weighted by atomic mass is 32.2. The van der Waals surface area contributed by atoms with Crippen molar-refractivity contribution in [2.24, 2.45) is 0 Å². The average Bonchev–Trinajstić information content (AvgIpc) is 3.59. The molecule has 1 aliphatic carbocycles. The van der Waals surface area contributed by atoms with Crippen molar-refractivity contribution < 1.29 is 30.6 Å². The summed E-state index contributed by atoms with van der Waals surface area (Å²) in [5.74, 6) is 1.61. The Morgan fingerprint density at radius 3 is 2.57 bits per heavy atom. The first-order chi connectivity index (χ1) is 17.8. The van der Waals surface area contributed by atoms with Crippen molar-refractivity contribution in [2.75, 3.05) is 18.7 Å². The number of nitrogens with one attached hydrogen (secondary N) is 2. The molecule has 9 nitrogen and oxygen atoms in total. The van der Waals surface area contributed by atoms with E-state index < -0.39 is 21.5 Å². The summed E-state index contributed by atoms with van der Waals surface area (Å²) in [5, 5.41) is 12.4. The normalized spacial score (nSPS) is 16.3. The first kappa shape index (κ1) is 25.2. The van der Waals surface area contributed by atoms with Gasteiger partial charge in [0.05, 0.1) is 22.6 Å². The number of sulfonamides is 1. The number of rotatable bonds is 10. The van der Waals surface area contributed by atoms with E-state index in [1.54, 1.807) is 30.3 Å². The number of benzene rings is 2. The van der Waals surface area contributed by atoms with Crippen molar-refractivity contribution >= 4 is 21.7 Å². The molecular weight excluding hydrogens is 494 g/mol. The van der Waals surface area contributed by atoms with Crippen LogP contribution in [-0.2, 0) is 20.2 Å². The molecule has 10 heteroatoms. The fourth-order valence-electron chi connectivity index (χ4n) is 4.50. The van der Waals surface area contributed by atoms with E-state index in [4.69, 9.17) is 9.47 Å². The van der Waals surface area contributed by atoms with Crippen LogP contribution in [0.5, 0.6) is 11.5 Å². The number of carbonyl (C=O) groups is 1. The lowest BCUT2D eigenvalue weighted by Gasteiger charge is -2.16. The maximum Gasteiger partial charge on any atom is 0.240 e. The van der Waals surface area contributed by atoms with E-state index in [0.717, 1.165) is 24.8 Å². The first-order valence-corrected chi connectivity index (χ1v) is 13.8. The van der Waals surface area contributed by atoms with Gasteiger partial charge in [-0.15, -0.1) is 0 Å². The van der Waals surface area contributed by atoms with Crippen LogP contribution < -0.4 is 19.5 Å². The zero-order valence-corrected chi connectivity index (χ0v) is 21.3. The van der Waals surface area contributed by atoms with Crippen LogP contribution in [0.4, 0.5) is 5.82 Å². The van der Waals surface area contributed by atoms with E-state index in [9.17, 15) is 18.3 Å². The third-order valence-corrected chi connectivity index (χ3v) is 8.28. The van der Waals surface area contributed by atoms with Crippen LogP contribution in [0.1, 0.15) is 41.0 Å². The molecule has 5 rings (SSSR count). The second-order valence-corrected chi connectivity index (χ2v) is 11.0. The first-order valence-electron chi connectivity index (χ1n) is 12.3. The maximum atomic E-state index is 13.2. The number of aliphatic hydroxyl groups excluding tert-OH is 1. The van der Waals surface area contributed by atoms with Crippen molar-refractivity contribution in [1.29, 1.82) is 0 Å². The summed E-state index contributed by atoms with van der Waals surface area (Å²) in [6.07, 6.45) is 2.77. The zero-order chi connectivity index (χ0) is 26.0. The summed E-state index contributed by atoms with van der Waals surface area (Å²) in [7, 11) is -3.76. The summed E-state index contributed by atoms with van der Waals surface area (Å²) in [6, 6.07) is 16.7. The van der Waals surface area contributed by atoms with Gasteiger partial charge in [0.15, 0.2) is 11.5 Å². The van der Waals surface area contributed by atoms with Crippen LogP contribution >= 0.6 is 0 Å². The predicted molar refractivity (Wildman–Crippen MR) is 142 cm³/mol. The summed E-state index contributed by atoms with van der Waals surface area (Å²) < 4.78 is 38.7. The van der Waals surface area contributed by atoms with E-state index in [0.29, 0.717) is 35.0 Å². The number of ether oxygens (including phenoxy) is 2. The Hall–Kier alpha value is -3.47. The molecular formula is C27H33N3O6S. The minimum absolute atomic E-state index is 0. The molecule has 0 saturated heterocycles. The Bertz CT molecular complexity index is 1420. The van der Waals surface area contributed by atoms with E-state index >= 15 is 0 Å². The van der Waals surface area contributed by atoms with E-state index in [1.165, 1.54) is 12.1 Å². The number of aromatic nitrogens is 1. The highest BCUT2D eigenvalue weighted by Crippen LogP contribution is 2.51. The number of aliphatic hydroxyl groups is 1. The quantitative estimate of drug-likeness (QED) is 0.363. The van der Waals surface area contributed by atoms with Crippen LogP contribution in [0.15, 0.2) is 65.6 Å². The van der Waals surface area contributed by atoms with Gasteiger partial charge in [-0.25, -0.2) is 18.1 Å². The number of amides is 1. The van der Waals surface area contributed by atoms with Crippen molar-refractivity contribution in [2.45, 2.75) is 49.0 Å². The van der Waals surface area contributed by atoms with Crippen LogP contribution in [0, 0.1) is 0 Å². The number of hydrogen-bond donors (Lipinski definition) is 3. The van der Waals surface area contributed by atoms with Gasteiger partial charge in [-0.1, -0.05) is 37.6 Å². The zero-order valence-electron chi connectivity index (χ0n) is 20.4. The Morgan fingerprint density at radius 1 is 1.11 bits per heavy atom. The molecule has 3 aromatic rings. The molecule has 1 atom stereocenters. The lowest BCUT2D eigenvalue weighted by Crippen LogP contribution is -2.37. The van der Waals surface area contributed by atoms with Gasteiger partial charge in [-0.05, 0) is 61.2 Å². The Labute approximate surface area is 218 Å². The molecule has 1 fully saturated rings. The molecule has 1 amide bonds. The third kappa shape index (κ3) is 5.18. The fourth-order valence-corrected chi connectivity index (χ4v) is 5.76. The molecule has 2 aromatic carbocycles. The molecule has 2 heterocycles. The highest BCUT2D eigenvalue weighted by Gasteiger charge is 2.51. The van der Waals surface area contributed by atoms with Crippen LogP contribution in [0.25, 0.3) is 11.3 Å². The number of nitrogens with zero attached hydrogens (tertiary/aromatic N) is 1. The summed E-state index contributed by atoms with van der Waals surface area (Å²) in [4.78, 5) is 17.9. The van der Waals surface area contributed by atoms with Crippen LogP contribution in [-0.4, -0.2) is 43.9 Å². The van der Waals surface area contributed by atoms with E-state index in [-0.39, 0.29) is 27.1 Å². The molecule has 198 valence electrons. The second kappa shape index (κ2) is 10.1. The van der Waals surface area contributed by atoms with Gasteiger partial charge < -0.3 is 19.9 Å². The lowest BCUT2D eigenvalue weighted by molar-refractivity contribution is -0.118. The number of carbonyl (C=O) groups excluding carboxylic acids is 1. The van der Waals surface area contributed by atoms with Gasteiger partial charge >= 0.3 is 0 Å². The second-order valence-electron chi connectivity index (χ2n) is 9.33. The largest absolute Gasteiger partial charge is 0.454 e. The minimum atomic E-state index is -3.76. The molecule has 0 unspecified atom stereocenters. The molecule has 1 aromatic heterocycles. The Morgan fingerprint density at radius 2 is 1.86 bits per heavy atom. The van der Waals surface area contributed by atoms with Gasteiger partial charge in [0.25, 0.3) is 0 Å². The molecule has 0 bridgehead atoms. The number of anilines is 1. The molecule has 2 aliphatic rings. The summed E-state index contributed by atoms with van der Waals surface area (Å²) in [5.41, 5.74) is 1.57. The highest BCUT2D eigenvalue weighted by molar-refractivity contribution is 7.89. The molecule has 1 saturated carbocycles. The minimum Gasteiger partial charge on any atom is -0.454 e. The number of hydrogen-bond acceptors (Lipinski definition) is 7. The van der Waals surface area contributed by atoms with Crippen LogP contribution in [0.3, 0.4) is 0 Å². The Kier molecular flexibility index (Phi) is 6.89. The standard InChI is InChI=1S/C27H29N3O6S.2H2/c1-2-4-20(16-31)30-37(33,34)21-10-7-18(8-11-21)22-5-3-6-25(28-22)29-26(32)27(13-14-27)19-9-12-23-24(15-19)36-17-35-23;;/h3,5-12,15,20,30-31H,2,4,13-14,16-17H2,1H3,(H,28,29,32);2*1H/t20-;;/m0../s1. The number of pyridine rings is 1. The Balaban J connectivity index is 0.00000210. The summed E-state index contributed by atoms with van der Waals surface area (Å²) in [6.45, 7) is 1.85. The molecule has 37 heavy (non-hydrogen) atoms. The topological polar surface area (TPSA) is 127 Å². The monoisotopic (exact) mass is 527 g/mol. The van der Waals surface area contributed by atoms with Gasteiger partial charge in [0, 0.05) is 14.5 Å². The SMILES string of the molecule is CCC[C@@H](CO)NS(=O)(=O)c1ccc(-c2cccc(NC(=O)C3(c4ccc5c(c4)OCO5)CC3)n2)cc1.[HH].[HH]. The van der Waals surface area contributed by atoms with Gasteiger partial charge in [0.2, 0.25) is 22.7 Å². The lowest BCUT2D eigenvalue weighted by atomic mass is 9.94. The molecule has 0 spiro atoms. The van der Waals surface area contributed by atoms with Crippen molar-refractivity contribution in [1.82, 2.24) is 9.71 Å². The van der Waals surface area contributed by atoms with Crippen molar-refractivity contribution in [3.8, 4) is 22.8 Å². The maximum absolute atomic E-state index is 13.2.